The zero-order valence-electron chi connectivity index (χ0n) is 16.7. The fourth-order valence-corrected chi connectivity index (χ4v) is 4.53. The molecule has 150 valence electrons. The van der Waals surface area contributed by atoms with Crippen molar-refractivity contribution in [2.75, 3.05) is 4.90 Å². The first-order valence-electron chi connectivity index (χ1n) is 10.4. The van der Waals surface area contributed by atoms with Crippen LogP contribution < -0.4 is 4.90 Å². The molecule has 0 spiro atoms. The first-order valence-corrected chi connectivity index (χ1v) is 10.4. The summed E-state index contributed by atoms with van der Waals surface area (Å²) in [6.45, 7) is 1.95. The third-order valence-corrected chi connectivity index (χ3v) is 5.94. The maximum absolute atomic E-state index is 13.5. The molecule has 2 aliphatic rings. The van der Waals surface area contributed by atoms with Crippen LogP contribution in [-0.4, -0.2) is 34.7 Å². The van der Waals surface area contributed by atoms with Crippen molar-refractivity contribution in [3.8, 4) is 0 Å². The van der Waals surface area contributed by atoms with Crippen molar-refractivity contribution in [1.82, 2.24) is 4.90 Å². The number of para-hydroxylation sites is 1. The topological polar surface area (TPSA) is 57.7 Å². The van der Waals surface area contributed by atoms with Gasteiger partial charge in [-0.2, -0.15) is 0 Å². The summed E-state index contributed by atoms with van der Waals surface area (Å²) in [6, 6.07) is 15.7. The van der Waals surface area contributed by atoms with Gasteiger partial charge in [0.05, 0.1) is 12.1 Å². The number of carbonyl (C=O) groups is 3. The third kappa shape index (κ3) is 3.82. The highest BCUT2D eigenvalue weighted by atomic mass is 16.2. The van der Waals surface area contributed by atoms with Crippen molar-refractivity contribution in [3.05, 3.63) is 65.7 Å². The number of anilines is 1. The molecule has 0 bridgehead atoms. The van der Waals surface area contributed by atoms with E-state index in [4.69, 9.17) is 0 Å². The SMILES string of the molecule is Cc1cccc(C(=O)N(C2CCCCC2)C2CC(=O)N(c3ccccc3)C2=O)c1. The Morgan fingerprint density at radius 1 is 0.966 bits per heavy atom. The van der Waals surface area contributed by atoms with Crippen molar-refractivity contribution in [3.63, 3.8) is 0 Å². The van der Waals surface area contributed by atoms with Crippen molar-refractivity contribution in [1.29, 1.82) is 0 Å². The largest absolute Gasteiger partial charge is 0.323 e. The van der Waals surface area contributed by atoms with Crippen LogP contribution >= 0.6 is 0 Å². The molecule has 5 heteroatoms. The van der Waals surface area contributed by atoms with E-state index in [1.165, 1.54) is 4.90 Å². The fourth-order valence-electron chi connectivity index (χ4n) is 4.53. The molecule has 1 atom stereocenters. The fraction of sp³-hybridized carbons (Fsp3) is 0.375. The summed E-state index contributed by atoms with van der Waals surface area (Å²) in [5, 5.41) is 0. The van der Waals surface area contributed by atoms with Crippen molar-refractivity contribution >= 4 is 23.4 Å². The maximum Gasteiger partial charge on any atom is 0.257 e. The van der Waals surface area contributed by atoms with Crippen molar-refractivity contribution in [2.45, 2.75) is 57.5 Å². The molecule has 2 fully saturated rings. The van der Waals surface area contributed by atoms with Crippen LogP contribution in [0.2, 0.25) is 0 Å². The Kier molecular flexibility index (Phi) is 5.47. The molecule has 29 heavy (non-hydrogen) atoms. The summed E-state index contributed by atoms with van der Waals surface area (Å²) in [7, 11) is 0. The van der Waals surface area contributed by atoms with E-state index < -0.39 is 6.04 Å². The molecular formula is C24H26N2O3. The number of imide groups is 1. The smallest absolute Gasteiger partial charge is 0.257 e. The van der Waals surface area contributed by atoms with E-state index in [2.05, 4.69) is 0 Å². The van der Waals surface area contributed by atoms with Gasteiger partial charge < -0.3 is 4.90 Å². The number of rotatable bonds is 4. The molecule has 2 aromatic rings. The van der Waals surface area contributed by atoms with Gasteiger partial charge in [0, 0.05) is 11.6 Å². The number of amides is 3. The molecule has 1 aliphatic carbocycles. The second-order valence-electron chi connectivity index (χ2n) is 8.00. The average molecular weight is 390 g/mol. The van der Waals surface area contributed by atoms with Crippen LogP contribution in [0.1, 0.15) is 54.4 Å². The Bertz CT molecular complexity index is 919. The lowest BCUT2D eigenvalue weighted by Gasteiger charge is -2.37. The molecule has 1 saturated heterocycles. The Balaban J connectivity index is 1.68. The minimum atomic E-state index is -0.737. The van der Waals surface area contributed by atoms with Crippen LogP contribution in [0.3, 0.4) is 0 Å². The van der Waals surface area contributed by atoms with Gasteiger partial charge in [-0.1, -0.05) is 55.2 Å². The lowest BCUT2D eigenvalue weighted by molar-refractivity contribution is -0.123. The standard InChI is InChI=1S/C24H26N2O3/c1-17-9-8-10-18(15-17)23(28)25(19-11-4-2-5-12-19)21-16-22(27)26(24(21)29)20-13-6-3-7-14-20/h3,6-10,13-15,19,21H,2,4-5,11-12,16H2,1H3. The molecule has 0 N–H and O–H groups in total. The number of nitrogens with zero attached hydrogens (tertiary/aromatic N) is 2. The summed E-state index contributed by atoms with van der Waals surface area (Å²) >= 11 is 0. The molecule has 2 aromatic carbocycles. The Hall–Kier alpha value is -2.95. The molecule has 3 amide bonds. The lowest BCUT2D eigenvalue weighted by Crippen LogP contribution is -2.51. The summed E-state index contributed by atoms with van der Waals surface area (Å²) in [5.74, 6) is -0.696. The van der Waals surface area contributed by atoms with E-state index in [1.807, 2.05) is 31.2 Å². The zero-order chi connectivity index (χ0) is 20.4. The molecule has 4 rings (SSSR count). The normalized spacial score (nSPS) is 20.2. The van der Waals surface area contributed by atoms with Gasteiger partial charge in [0.15, 0.2) is 0 Å². The number of aryl methyl sites for hydroxylation is 1. The van der Waals surface area contributed by atoms with Crippen LogP contribution in [-0.2, 0) is 9.59 Å². The van der Waals surface area contributed by atoms with Gasteiger partial charge in [0.25, 0.3) is 11.8 Å². The third-order valence-electron chi connectivity index (χ3n) is 5.94. The second-order valence-corrected chi connectivity index (χ2v) is 8.00. The minimum absolute atomic E-state index is 0.00534. The van der Waals surface area contributed by atoms with E-state index in [0.717, 1.165) is 37.7 Å². The quantitative estimate of drug-likeness (QED) is 0.739. The monoisotopic (exact) mass is 390 g/mol. The highest BCUT2D eigenvalue weighted by Gasteiger charge is 2.46. The molecular weight excluding hydrogens is 364 g/mol. The summed E-state index contributed by atoms with van der Waals surface area (Å²) in [4.78, 5) is 42.6. The average Bonchev–Trinajstić information content (AvgIpc) is 3.03. The van der Waals surface area contributed by atoms with E-state index >= 15 is 0 Å². The number of carbonyl (C=O) groups excluding carboxylic acids is 3. The first kappa shape index (κ1) is 19.4. The Morgan fingerprint density at radius 3 is 2.38 bits per heavy atom. The van der Waals surface area contributed by atoms with Gasteiger partial charge >= 0.3 is 0 Å². The molecule has 0 radical (unpaired) electrons. The van der Waals surface area contributed by atoms with E-state index in [0.29, 0.717) is 11.3 Å². The predicted octanol–water partition coefficient (Wildman–Crippen LogP) is 4.10. The zero-order valence-corrected chi connectivity index (χ0v) is 16.7. The molecule has 5 nitrogen and oxygen atoms in total. The molecule has 1 saturated carbocycles. The van der Waals surface area contributed by atoms with Gasteiger partial charge in [0.2, 0.25) is 5.91 Å². The summed E-state index contributed by atoms with van der Waals surface area (Å²) in [5.41, 5.74) is 2.14. The van der Waals surface area contributed by atoms with Crippen LogP contribution in [0.25, 0.3) is 0 Å². The second kappa shape index (κ2) is 8.19. The van der Waals surface area contributed by atoms with Crippen LogP contribution in [0.4, 0.5) is 5.69 Å². The highest BCUT2D eigenvalue weighted by Crippen LogP contribution is 2.32. The van der Waals surface area contributed by atoms with Crippen molar-refractivity contribution in [2.24, 2.45) is 0 Å². The molecule has 1 heterocycles. The van der Waals surface area contributed by atoms with E-state index in [-0.39, 0.29) is 30.2 Å². The maximum atomic E-state index is 13.5. The number of hydrogen-bond acceptors (Lipinski definition) is 3. The van der Waals surface area contributed by atoms with Crippen LogP contribution in [0.15, 0.2) is 54.6 Å². The molecule has 0 aromatic heterocycles. The van der Waals surface area contributed by atoms with Gasteiger partial charge in [-0.15, -0.1) is 0 Å². The summed E-state index contributed by atoms with van der Waals surface area (Å²) in [6.07, 6.45) is 5.03. The lowest BCUT2D eigenvalue weighted by atomic mass is 9.92. The van der Waals surface area contributed by atoms with Crippen molar-refractivity contribution < 1.29 is 14.4 Å². The summed E-state index contributed by atoms with van der Waals surface area (Å²) < 4.78 is 0. The minimum Gasteiger partial charge on any atom is -0.323 e. The van der Waals surface area contributed by atoms with E-state index in [9.17, 15) is 14.4 Å². The first-order chi connectivity index (χ1) is 14.1. The van der Waals surface area contributed by atoms with Gasteiger partial charge in [-0.3, -0.25) is 14.4 Å². The Labute approximate surface area is 171 Å². The molecule has 1 aliphatic heterocycles. The van der Waals surface area contributed by atoms with Crippen LogP contribution in [0, 0.1) is 6.92 Å². The van der Waals surface area contributed by atoms with Gasteiger partial charge in [-0.25, -0.2) is 4.90 Å². The molecule has 1 unspecified atom stereocenters. The number of benzene rings is 2. The Morgan fingerprint density at radius 2 is 1.69 bits per heavy atom. The number of hydrogen-bond donors (Lipinski definition) is 0. The van der Waals surface area contributed by atoms with Crippen LogP contribution in [0.5, 0.6) is 0 Å². The highest BCUT2D eigenvalue weighted by molar-refractivity contribution is 6.23. The van der Waals surface area contributed by atoms with Gasteiger partial charge in [0.1, 0.15) is 6.04 Å². The predicted molar refractivity (Wildman–Crippen MR) is 112 cm³/mol. The van der Waals surface area contributed by atoms with Gasteiger partial charge in [-0.05, 0) is 44.0 Å². The van der Waals surface area contributed by atoms with E-state index in [1.54, 1.807) is 35.2 Å².